The van der Waals surface area contributed by atoms with Gasteiger partial charge < -0.3 is 5.32 Å². The summed E-state index contributed by atoms with van der Waals surface area (Å²) in [6.07, 6.45) is 0. The van der Waals surface area contributed by atoms with Crippen LogP contribution in [0.3, 0.4) is 0 Å². The molecule has 0 aliphatic rings. The number of halogens is 2. The molecule has 0 aliphatic heterocycles. The van der Waals surface area contributed by atoms with Gasteiger partial charge in [-0.25, -0.2) is 0 Å². The van der Waals surface area contributed by atoms with Gasteiger partial charge in [-0.2, -0.15) is 0 Å². The summed E-state index contributed by atoms with van der Waals surface area (Å²) in [5.74, 6) is 0. The Bertz CT molecular complexity index is 564. The predicted octanol–water partition coefficient (Wildman–Crippen LogP) is 5.06. The van der Waals surface area contributed by atoms with Crippen LogP contribution >= 0.6 is 23.2 Å². The third kappa shape index (κ3) is 3.76. The van der Waals surface area contributed by atoms with Crippen molar-refractivity contribution in [2.75, 3.05) is 6.54 Å². The van der Waals surface area contributed by atoms with E-state index in [1.807, 2.05) is 18.2 Å². The van der Waals surface area contributed by atoms with Gasteiger partial charge in [-0.3, -0.25) is 0 Å². The maximum absolute atomic E-state index is 6.19. The fourth-order valence-corrected chi connectivity index (χ4v) is 2.57. The molecular formula is C17H19Cl2N. The first-order chi connectivity index (χ1) is 9.50. The zero-order chi connectivity index (χ0) is 14.6. The van der Waals surface area contributed by atoms with Gasteiger partial charge in [-0.1, -0.05) is 79.5 Å². The van der Waals surface area contributed by atoms with Crippen LogP contribution in [0.25, 0.3) is 0 Å². The smallest absolute Gasteiger partial charge is 0.0637 e. The lowest BCUT2D eigenvalue weighted by Gasteiger charge is -2.26. The molecule has 0 saturated heterocycles. The predicted molar refractivity (Wildman–Crippen MR) is 87.6 cm³/mol. The maximum Gasteiger partial charge on any atom is 0.0637 e. The Kier molecular flexibility index (Phi) is 5.09. The second kappa shape index (κ2) is 6.62. The minimum atomic E-state index is 0.0757. The summed E-state index contributed by atoms with van der Waals surface area (Å²) in [6, 6.07) is 16.2. The highest BCUT2D eigenvalue weighted by Crippen LogP contribution is 2.26. The standard InChI is InChI=1S/C17H19Cl2N/c1-17(2,14-8-4-3-5-9-14)12-20-11-13-7-6-10-15(18)16(13)19/h3-10,20H,11-12H2,1-2H3. The first-order valence-electron chi connectivity index (χ1n) is 6.70. The number of nitrogens with one attached hydrogen (secondary N) is 1. The summed E-state index contributed by atoms with van der Waals surface area (Å²) in [5, 5.41) is 4.71. The molecule has 0 saturated carbocycles. The highest BCUT2D eigenvalue weighted by atomic mass is 35.5. The summed E-state index contributed by atoms with van der Waals surface area (Å²) >= 11 is 12.2. The average molecular weight is 308 g/mol. The van der Waals surface area contributed by atoms with Gasteiger partial charge in [0.1, 0.15) is 0 Å². The topological polar surface area (TPSA) is 12.0 Å². The highest BCUT2D eigenvalue weighted by molar-refractivity contribution is 6.42. The molecule has 0 aliphatic carbocycles. The molecule has 2 rings (SSSR count). The second-order valence-corrected chi connectivity index (χ2v) is 6.35. The van der Waals surface area contributed by atoms with Crippen LogP contribution in [-0.2, 0) is 12.0 Å². The Morgan fingerprint density at radius 3 is 2.35 bits per heavy atom. The van der Waals surface area contributed by atoms with E-state index in [1.54, 1.807) is 6.07 Å². The van der Waals surface area contributed by atoms with Crippen molar-refractivity contribution in [2.24, 2.45) is 0 Å². The molecule has 106 valence electrons. The van der Waals surface area contributed by atoms with Crippen LogP contribution in [0.5, 0.6) is 0 Å². The summed E-state index contributed by atoms with van der Waals surface area (Å²) in [6.45, 7) is 6.05. The van der Waals surface area contributed by atoms with E-state index in [0.29, 0.717) is 10.0 Å². The SMILES string of the molecule is CC(C)(CNCc1cccc(Cl)c1Cl)c1ccccc1. The molecule has 20 heavy (non-hydrogen) atoms. The second-order valence-electron chi connectivity index (χ2n) is 5.57. The molecule has 2 aromatic rings. The van der Waals surface area contributed by atoms with E-state index in [1.165, 1.54) is 5.56 Å². The van der Waals surface area contributed by atoms with Gasteiger partial charge in [0.05, 0.1) is 10.0 Å². The van der Waals surface area contributed by atoms with Gasteiger partial charge in [0.2, 0.25) is 0 Å². The summed E-state index contributed by atoms with van der Waals surface area (Å²) in [4.78, 5) is 0. The quantitative estimate of drug-likeness (QED) is 0.814. The largest absolute Gasteiger partial charge is 0.312 e. The van der Waals surface area contributed by atoms with E-state index >= 15 is 0 Å². The Morgan fingerprint density at radius 1 is 0.950 bits per heavy atom. The molecule has 0 spiro atoms. The van der Waals surface area contributed by atoms with E-state index in [2.05, 4.69) is 43.4 Å². The lowest BCUT2D eigenvalue weighted by molar-refractivity contribution is 0.469. The Labute approximate surface area is 130 Å². The van der Waals surface area contributed by atoms with Crippen molar-refractivity contribution in [3.63, 3.8) is 0 Å². The Morgan fingerprint density at radius 2 is 1.65 bits per heavy atom. The van der Waals surface area contributed by atoms with E-state index in [-0.39, 0.29) is 5.41 Å². The molecule has 1 N–H and O–H groups in total. The van der Waals surface area contributed by atoms with Crippen LogP contribution in [-0.4, -0.2) is 6.54 Å². The van der Waals surface area contributed by atoms with Crippen LogP contribution in [0.15, 0.2) is 48.5 Å². The molecule has 0 aromatic heterocycles. The molecule has 0 unspecified atom stereocenters. The van der Waals surface area contributed by atoms with Crippen molar-refractivity contribution in [1.82, 2.24) is 5.32 Å². The highest BCUT2D eigenvalue weighted by Gasteiger charge is 2.19. The molecule has 0 radical (unpaired) electrons. The lowest BCUT2D eigenvalue weighted by atomic mass is 9.84. The molecule has 2 aromatic carbocycles. The van der Waals surface area contributed by atoms with Crippen LogP contribution < -0.4 is 5.32 Å². The number of hydrogen-bond donors (Lipinski definition) is 1. The summed E-state index contributed by atoms with van der Waals surface area (Å²) < 4.78 is 0. The molecular weight excluding hydrogens is 289 g/mol. The first kappa shape index (κ1) is 15.4. The molecule has 0 heterocycles. The van der Waals surface area contributed by atoms with Gasteiger partial charge in [0.15, 0.2) is 0 Å². The molecule has 0 atom stereocenters. The van der Waals surface area contributed by atoms with Crippen LogP contribution in [0.4, 0.5) is 0 Å². The zero-order valence-electron chi connectivity index (χ0n) is 11.8. The minimum Gasteiger partial charge on any atom is -0.312 e. The van der Waals surface area contributed by atoms with Crippen molar-refractivity contribution in [3.8, 4) is 0 Å². The molecule has 0 bridgehead atoms. The van der Waals surface area contributed by atoms with Gasteiger partial charge in [0, 0.05) is 18.5 Å². The third-order valence-electron chi connectivity index (χ3n) is 3.47. The maximum atomic E-state index is 6.19. The molecule has 1 nitrogen and oxygen atoms in total. The number of benzene rings is 2. The molecule has 3 heteroatoms. The fraction of sp³-hybridized carbons (Fsp3) is 0.294. The van der Waals surface area contributed by atoms with Crippen molar-refractivity contribution in [3.05, 3.63) is 69.7 Å². The monoisotopic (exact) mass is 307 g/mol. The summed E-state index contributed by atoms with van der Waals surface area (Å²) in [5.41, 5.74) is 2.43. The van der Waals surface area contributed by atoms with Gasteiger partial charge in [-0.05, 0) is 17.2 Å². The van der Waals surface area contributed by atoms with Crippen molar-refractivity contribution < 1.29 is 0 Å². The van der Waals surface area contributed by atoms with Crippen LogP contribution in [0.2, 0.25) is 10.0 Å². The van der Waals surface area contributed by atoms with E-state index < -0.39 is 0 Å². The first-order valence-corrected chi connectivity index (χ1v) is 7.45. The van der Waals surface area contributed by atoms with E-state index in [4.69, 9.17) is 23.2 Å². The van der Waals surface area contributed by atoms with Crippen molar-refractivity contribution >= 4 is 23.2 Å². The zero-order valence-corrected chi connectivity index (χ0v) is 13.3. The normalized spacial score (nSPS) is 11.6. The lowest BCUT2D eigenvalue weighted by Crippen LogP contribution is -2.32. The minimum absolute atomic E-state index is 0.0757. The number of rotatable bonds is 5. The number of hydrogen-bond acceptors (Lipinski definition) is 1. The summed E-state index contributed by atoms with van der Waals surface area (Å²) in [7, 11) is 0. The fourth-order valence-electron chi connectivity index (χ4n) is 2.19. The van der Waals surface area contributed by atoms with Gasteiger partial charge in [0.25, 0.3) is 0 Å². The van der Waals surface area contributed by atoms with Crippen molar-refractivity contribution in [1.29, 1.82) is 0 Å². The van der Waals surface area contributed by atoms with Gasteiger partial charge >= 0.3 is 0 Å². The van der Waals surface area contributed by atoms with E-state index in [9.17, 15) is 0 Å². The Hall–Kier alpha value is -1.02. The third-order valence-corrected chi connectivity index (χ3v) is 4.33. The van der Waals surface area contributed by atoms with Crippen molar-refractivity contribution in [2.45, 2.75) is 25.8 Å². The van der Waals surface area contributed by atoms with Gasteiger partial charge in [-0.15, -0.1) is 0 Å². The van der Waals surface area contributed by atoms with E-state index in [0.717, 1.165) is 18.7 Å². The molecule has 0 fully saturated rings. The van der Waals surface area contributed by atoms with Crippen LogP contribution in [0.1, 0.15) is 25.0 Å². The molecule has 0 amide bonds. The Balaban J connectivity index is 1.97. The average Bonchev–Trinajstić information content (AvgIpc) is 2.44. The van der Waals surface area contributed by atoms with Crippen LogP contribution in [0, 0.1) is 0 Å².